The molecule has 4 heteroatoms. The number of carboxylic acid groups (broad SMARTS) is 1. The Bertz CT molecular complexity index is 206. The average Bonchev–Trinajstić information content (AvgIpc) is 2.45. The lowest BCUT2D eigenvalue weighted by atomic mass is 9.88. The van der Waals surface area contributed by atoms with Crippen molar-refractivity contribution in [2.45, 2.75) is 36.2 Å². The monoisotopic (exact) mass is 174 g/mol. The lowest BCUT2D eigenvalue weighted by Crippen LogP contribution is -2.41. The molecule has 3 nitrogen and oxygen atoms in total. The summed E-state index contributed by atoms with van der Waals surface area (Å²) in [4.78, 5) is 10.8. The molecule has 2 fully saturated rings. The molecular weight excluding hydrogens is 164 g/mol. The van der Waals surface area contributed by atoms with Crippen LogP contribution >= 0.6 is 12.6 Å². The summed E-state index contributed by atoms with van der Waals surface area (Å²) in [5.41, 5.74) is 0. The van der Waals surface area contributed by atoms with Crippen molar-refractivity contribution < 1.29 is 14.6 Å². The third-order valence-electron chi connectivity index (χ3n) is 2.55. The van der Waals surface area contributed by atoms with Crippen LogP contribution in [0.1, 0.15) is 19.3 Å². The summed E-state index contributed by atoms with van der Waals surface area (Å²) in [6.45, 7) is 0. The Balaban J connectivity index is 2.23. The molecular formula is C7H10O3S. The van der Waals surface area contributed by atoms with Crippen LogP contribution < -0.4 is 0 Å². The van der Waals surface area contributed by atoms with Crippen LogP contribution in [-0.4, -0.2) is 28.0 Å². The lowest BCUT2D eigenvalue weighted by molar-refractivity contribution is -0.141. The lowest BCUT2D eigenvalue weighted by Gasteiger charge is -2.24. The molecule has 2 aliphatic rings. The van der Waals surface area contributed by atoms with Gasteiger partial charge in [0.15, 0.2) is 0 Å². The summed E-state index contributed by atoms with van der Waals surface area (Å²) in [6, 6.07) is 0. The predicted molar refractivity (Wildman–Crippen MR) is 41.9 cm³/mol. The second-order valence-electron chi connectivity index (χ2n) is 3.26. The molecule has 2 aliphatic heterocycles. The second kappa shape index (κ2) is 2.14. The number of rotatable bonds is 1. The minimum atomic E-state index is -0.900. The number of thiol groups is 1. The topological polar surface area (TPSA) is 46.5 Å². The van der Waals surface area contributed by atoms with Gasteiger partial charge in [-0.15, -0.1) is 0 Å². The first-order chi connectivity index (χ1) is 5.13. The molecule has 0 radical (unpaired) electrons. The van der Waals surface area contributed by atoms with Gasteiger partial charge in [0.05, 0.1) is 12.2 Å². The van der Waals surface area contributed by atoms with Gasteiger partial charge in [-0.3, -0.25) is 4.79 Å². The zero-order valence-corrected chi connectivity index (χ0v) is 6.88. The van der Waals surface area contributed by atoms with Crippen molar-refractivity contribution in [3.8, 4) is 0 Å². The molecule has 0 saturated carbocycles. The van der Waals surface area contributed by atoms with Crippen molar-refractivity contribution in [2.24, 2.45) is 0 Å². The molecule has 3 atom stereocenters. The van der Waals surface area contributed by atoms with Gasteiger partial charge in [0.1, 0.15) is 4.75 Å². The average molecular weight is 174 g/mol. The minimum absolute atomic E-state index is 0.147. The Labute approximate surface area is 70.1 Å². The van der Waals surface area contributed by atoms with Crippen molar-refractivity contribution in [1.82, 2.24) is 0 Å². The van der Waals surface area contributed by atoms with E-state index < -0.39 is 10.7 Å². The molecule has 0 aliphatic carbocycles. The van der Waals surface area contributed by atoms with E-state index in [0.29, 0.717) is 6.42 Å². The maximum atomic E-state index is 10.8. The number of ether oxygens (including phenoxy) is 1. The SMILES string of the molecule is O=C(O)C1(S)CC2CCC1O2. The standard InChI is InChI=1S/C7H10O3S/c8-6(9)7(11)3-4-1-2-5(7)10-4/h4-5,11H,1-3H2,(H,8,9). The van der Waals surface area contributed by atoms with Crippen LogP contribution in [0.15, 0.2) is 0 Å². The highest BCUT2D eigenvalue weighted by Gasteiger charge is 2.55. The molecule has 62 valence electrons. The van der Waals surface area contributed by atoms with Crippen LogP contribution in [0.5, 0.6) is 0 Å². The molecule has 2 rings (SSSR count). The van der Waals surface area contributed by atoms with Gasteiger partial charge < -0.3 is 9.84 Å². The maximum absolute atomic E-state index is 10.8. The van der Waals surface area contributed by atoms with Crippen LogP contribution in [0.2, 0.25) is 0 Å². The number of carboxylic acids is 1. The fraction of sp³-hybridized carbons (Fsp3) is 0.857. The molecule has 11 heavy (non-hydrogen) atoms. The fourth-order valence-corrected chi connectivity index (χ4v) is 2.30. The number of aliphatic carboxylic acids is 1. The van der Waals surface area contributed by atoms with Crippen molar-refractivity contribution in [3.63, 3.8) is 0 Å². The van der Waals surface area contributed by atoms with Gasteiger partial charge >= 0.3 is 5.97 Å². The van der Waals surface area contributed by atoms with Crippen molar-refractivity contribution in [3.05, 3.63) is 0 Å². The zero-order chi connectivity index (χ0) is 8.06. The quantitative estimate of drug-likeness (QED) is 0.575. The number of carbonyl (C=O) groups is 1. The third-order valence-corrected chi connectivity index (χ3v) is 3.21. The molecule has 1 N–H and O–H groups in total. The molecule has 0 aromatic heterocycles. The van der Waals surface area contributed by atoms with Crippen LogP contribution in [0, 0.1) is 0 Å². The van der Waals surface area contributed by atoms with Crippen molar-refractivity contribution in [1.29, 1.82) is 0 Å². The van der Waals surface area contributed by atoms with E-state index in [1.807, 2.05) is 0 Å². The first-order valence-electron chi connectivity index (χ1n) is 3.74. The number of hydrogen-bond acceptors (Lipinski definition) is 3. The molecule has 0 spiro atoms. The van der Waals surface area contributed by atoms with Crippen LogP contribution in [0.4, 0.5) is 0 Å². The third kappa shape index (κ3) is 0.891. The number of hydrogen-bond donors (Lipinski definition) is 2. The highest BCUT2D eigenvalue weighted by Crippen LogP contribution is 2.45. The van der Waals surface area contributed by atoms with Crippen LogP contribution in [-0.2, 0) is 9.53 Å². The summed E-state index contributed by atoms with van der Waals surface area (Å²) in [5.74, 6) is -0.840. The van der Waals surface area contributed by atoms with E-state index in [2.05, 4.69) is 12.6 Å². The van der Waals surface area contributed by atoms with Gasteiger partial charge in [0.2, 0.25) is 0 Å². The normalized spacial score (nSPS) is 48.1. The maximum Gasteiger partial charge on any atom is 0.322 e. The minimum Gasteiger partial charge on any atom is -0.480 e. The Morgan fingerprint density at radius 2 is 2.36 bits per heavy atom. The van der Waals surface area contributed by atoms with Gasteiger partial charge in [-0.25, -0.2) is 0 Å². The van der Waals surface area contributed by atoms with Crippen molar-refractivity contribution in [2.75, 3.05) is 0 Å². The van der Waals surface area contributed by atoms with Gasteiger partial charge in [-0.1, -0.05) is 0 Å². The highest BCUT2D eigenvalue weighted by atomic mass is 32.1. The van der Waals surface area contributed by atoms with Gasteiger partial charge in [0.25, 0.3) is 0 Å². The van der Waals surface area contributed by atoms with Gasteiger partial charge in [-0.2, -0.15) is 12.6 Å². The van der Waals surface area contributed by atoms with E-state index in [0.717, 1.165) is 12.8 Å². The van der Waals surface area contributed by atoms with Crippen molar-refractivity contribution >= 4 is 18.6 Å². The number of fused-ring (bicyclic) bond motifs is 2. The summed E-state index contributed by atoms with van der Waals surface area (Å²) < 4.78 is 4.49. The first kappa shape index (κ1) is 7.43. The fourth-order valence-electron chi connectivity index (χ4n) is 1.91. The molecule has 2 saturated heterocycles. The van der Waals surface area contributed by atoms with E-state index in [1.54, 1.807) is 0 Å². The molecule has 0 aromatic carbocycles. The molecule has 0 amide bonds. The van der Waals surface area contributed by atoms with Crippen LogP contribution in [0.25, 0.3) is 0 Å². The van der Waals surface area contributed by atoms with E-state index >= 15 is 0 Å². The van der Waals surface area contributed by atoms with E-state index in [9.17, 15) is 4.79 Å². The van der Waals surface area contributed by atoms with E-state index in [1.165, 1.54) is 0 Å². The van der Waals surface area contributed by atoms with E-state index in [4.69, 9.17) is 9.84 Å². The van der Waals surface area contributed by atoms with E-state index in [-0.39, 0.29) is 12.2 Å². The first-order valence-corrected chi connectivity index (χ1v) is 4.19. The zero-order valence-electron chi connectivity index (χ0n) is 5.99. The molecule has 3 unspecified atom stereocenters. The largest absolute Gasteiger partial charge is 0.480 e. The Kier molecular flexibility index (Phi) is 1.44. The van der Waals surface area contributed by atoms with Gasteiger partial charge in [0, 0.05) is 6.42 Å². The van der Waals surface area contributed by atoms with Gasteiger partial charge in [-0.05, 0) is 12.8 Å². The highest BCUT2D eigenvalue weighted by molar-refractivity contribution is 7.82. The molecule has 2 bridgehead atoms. The summed E-state index contributed by atoms with van der Waals surface area (Å²) in [5, 5.41) is 8.84. The smallest absolute Gasteiger partial charge is 0.322 e. The Morgan fingerprint density at radius 1 is 1.64 bits per heavy atom. The summed E-state index contributed by atoms with van der Waals surface area (Å²) in [7, 11) is 0. The Hall–Kier alpha value is -0.220. The predicted octanol–water partition coefficient (Wildman–Crippen LogP) is 0.691. The summed E-state index contributed by atoms with van der Waals surface area (Å²) in [6.07, 6.45) is 2.40. The van der Waals surface area contributed by atoms with Crippen LogP contribution in [0.3, 0.4) is 0 Å². The summed E-state index contributed by atoms with van der Waals surface area (Å²) >= 11 is 4.16. The Morgan fingerprint density at radius 3 is 2.64 bits per heavy atom. The second-order valence-corrected chi connectivity index (χ2v) is 4.06. The molecule has 0 aromatic rings. The molecule has 2 heterocycles.